The number of hydrogen-bond donors (Lipinski definition) is 0. The summed E-state index contributed by atoms with van der Waals surface area (Å²) in [6, 6.07) is 27.3. The third-order valence-corrected chi connectivity index (χ3v) is 5.74. The molecular weight excluding hydrogens is 368 g/mol. The van der Waals surface area contributed by atoms with Crippen molar-refractivity contribution >= 4 is 34.2 Å². The van der Waals surface area contributed by atoms with E-state index < -0.39 is 0 Å². The Morgan fingerprint density at radius 2 is 1.57 bits per heavy atom. The molecule has 140 valence electrons. The first-order valence-corrected chi connectivity index (χ1v) is 9.95. The zero-order valence-corrected chi connectivity index (χ0v) is 16.3. The predicted molar refractivity (Wildman–Crippen MR) is 115 cm³/mol. The lowest BCUT2D eigenvalue weighted by atomic mass is 10.1. The van der Waals surface area contributed by atoms with E-state index in [0.717, 1.165) is 22.7 Å². The SMILES string of the molecule is COc1ccc(C2CC(=O)N(c3ccccc3)C(=Nc3ccccc3)S2)cc1. The molecule has 1 aliphatic rings. The molecule has 1 unspecified atom stereocenters. The molecule has 0 saturated carbocycles. The van der Waals surface area contributed by atoms with Gasteiger partial charge < -0.3 is 4.74 Å². The maximum absolute atomic E-state index is 13.1. The molecule has 0 aromatic heterocycles. The first-order chi connectivity index (χ1) is 13.7. The fourth-order valence-corrected chi connectivity index (χ4v) is 4.35. The summed E-state index contributed by atoms with van der Waals surface area (Å²) in [5.41, 5.74) is 2.75. The molecule has 4 rings (SSSR count). The molecule has 0 radical (unpaired) electrons. The van der Waals surface area contributed by atoms with Crippen molar-refractivity contribution < 1.29 is 9.53 Å². The number of methoxy groups -OCH3 is 1. The van der Waals surface area contributed by atoms with Crippen LogP contribution in [0.2, 0.25) is 0 Å². The van der Waals surface area contributed by atoms with Crippen LogP contribution in [0.1, 0.15) is 17.2 Å². The van der Waals surface area contributed by atoms with E-state index in [9.17, 15) is 4.79 Å². The summed E-state index contributed by atoms with van der Waals surface area (Å²) in [4.78, 5) is 19.6. The highest BCUT2D eigenvalue weighted by molar-refractivity contribution is 8.14. The molecule has 3 aromatic carbocycles. The number of carbonyl (C=O) groups is 1. The number of hydrogen-bond acceptors (Lipinski definition) is 4. The molecule has 3 aromatic rings. The maximum Gasteiger partial charge on any atom is 0.234 e. The lowest BCUT2D eigenvalue weighted by Gasteiger charge is -2.32. The smallest absolute Gasteiger partial charge is 0.234 e. The van der Waals surface area contributed by atoms with Gasteiger partial charge in [0.25, 0.3) is 0 Å². The Balaban J connectivity index is 1.71. The number of anilines is 1. The van der Waals surface area contributed by atoms with Crippen LogP contribution in [-0.2, 0) is 4.79 Å². The molecule has 1 heterocycles. The summed E-state index contributed by atoms with van der Waals surface area (Å²) < 4.78 is 5.25. The maximum atomic E-state index is 13.1. The second kappa shape index (κ2) is 8.31. The summed E-state index contributed by atoms with van der Waals surface area (Å²) in [6.07, 6.45) is 0.416. The summed E-state index contributed by atoms with van der Waals surface area (Å²) in [5.74, 6) is 0.848. The van der Waals surface area contributed by atoms with E-state index in [0.29, 0.717) is 11.6 Å². The van der Waals surface area contributed by atoms with Gasteiger partial charge in [-0.3, -0.25) is 9.69 Å². The zero-order chi connectivity index (χ0) is 19.3. The van der Waals surface area contributed by atoms with Crippen LogP contribution >= 0.6 is 11.8 Å². The van der Waals surface area contributed by atoms with Gasteiger partial charge in [-0.25, -0.2) is 4.99 Å². The van der Waals surface area contributed by atoms with Crippen LogP contribution in [0, 0.1) is 0 Å². The van der Waals surface area contributed by atoms with Gasteiger partial charge in [0.2, 0.25) is 5.91 Å². The number of carbonyl (C=O) groups excluding carboxylic acids is 1. The standard InChI is InChI=1S/C23H20N2O2S/c1-27-20-14-12-17(13-15-20)21-16-22(26)25(19-10-6-3-7-11-19)23(28-21)24-18-8-4-2-5-9-18/h2-15,21H,16H2,1H3. The Bertz CT molecular complexity index is 973. The minimum absolute atomic E-state index is 0.0147. The van der Waals surface area contributed by atoms with E-state index >= 15 is 0 Å². The fourth-order valence-electron chi connectivity index (χ4n) is 3.10. The molecule has 28 heavy (non-hydrogen) atoms. The van der Waals surface area contributed by atoms with Gasteiger partial charge in [-0.2, -0.15) is 0 Å². The van der Waals surface area contributed by atoms with Gasteiger partial charge >= 0.3 is 0 Å². The second-order valence-electron chi connectivity index (χ2n) is 6.38. The van der Waals surface area contributed by atoms with Crippen molar-refractivity contribution in [2.24, 2.45) is 4.99 Å². The molecule has 0 N–H and O–H groups in total. The number of amidine groups is 1. The summed E-state index contributed by atoms with van der Waals surface area (Å²) in [7, 11) is 1.65. The van der Waals surface area contributed by atoms with E-state index in [2.05, 4.69) is 0 Å². The Morgan fingerprint density at radius 3 is 2.21 bits per heavy atom. The van der Waals surface area contributed by atoms with Gasteiger partial charge in [0.15, 0.2) is 5.17 Å². The van der Waals surface area contributed by atoms with Gasteiger partial charge in [-0.1, -0.05) is 60.3 Å². The third-order valence-electron chi connectivity index (χ3n) is 4.53. The molecule has 0 spiro atoms. The average Bonchev–Trinajstić information content (AvgIpc) is 2.75. The summed E-state index contributed by atoms with van der Waals surface area (Å²) in [6.45, 7) is 0. The molecule has 1 amide bonds. The van der Waals surface area contributed by atoms with Gasteiger partial charge in [0.05, 0.1) is 18.5 Å². The first-order valence-electron chi connectivity index (χ1n) is 9.07. The monoisotopic (exact) mass is 388 g/mol. The quantitative estimate of drug-likeness (QED) is 0.585. The van der Waals surface area contributed by atoms with Crippen molar-refractivity contribution in [2.75, 3.05) is 12.0 Å². The van der Waals surface area contributed by atoms with Crippen molar-refractivity contribution in [3.8, 4) is 5.75 Å². The number of para-hydroxylation sites is 2. The van der Waals surface area contributed by atoms with Crippen LogP contribution in [0.4, 0.5) is 11.4 Å². The molecule has 5 heteroatoms. The molecule has 0 bridgehead atoms. The van der Waals surface area contributed by atoms with Crippen molar-refractivity contribution in [3.05, 3.63) is 90.5 Å². The molecule has 1 aliphatic heterocycles. The Hall–Kier alpha value is -3.05. The van der Waals surface area contributed by atoms with Crippen LogP contribution in [-0.4, -0.2) is 18.2 Å². The second-order valence-corrected chi connectivity index (χ2v) is 7.55. The van der Waals surface area contributed by atoms with E-state index in [-0.39, 0.29) is 11.2 Å². The summed E-state index contributed by atoms with van der Waals surface area (Å²) >= 11 is 1.61. The van der Waals surface area contributed by atoms with Gasteiger partial charge in [-0.15, -0.1) is 0 Å². The number of amides is 1. The molecule has 1 fully saturated rings. The number of rotatable bonds is 4. The number of thioether (sulfide) groups is 1. The zero-order valence-electron chi connectivity index (χ0n) is 15.5. The van der Waals surface area contributed by atoms with Gasteiger partial charge in [-0.05, 0) is 42.0 Å². The average molecular weight is 388 g/mol. The number of nitrogens with zero attached hydrogens (tertiary/aromatic N) is 2. The fraction of sp³-hybridized carbons (Fsp3) is 0.130. The highest BCUT2D eigenvalue weighted by Crippen LogP contribution is 2.41. The van der Waals surface area contributed by atoms with E-state index in [1.54, 1.807) is 23.8 Å². The third kappa shape index (κ3) is 3.94. The molecule has 4 nitrogen and oxygen atoms in total. The van der Waals surface area contributed by atoms with E-state index in [4.69, 9.17) is 9.73 Å². The molecular formula is C23H20N2O2S. The summed E-state index contributed by atoms with van der Waals surface area (Å²) in [5, 5.41) is 0.704. The van der Waals surface area contributed by atoms with Crippen molar-refractivity contribution in [1.29, 1.82) is 0 Å². The highest BCUT2D eigenvalue weighted by atomic mass is 32.2. The Kier molecular flexibility index (Phi) is 5.44. The molecule has 1 atom stereocenters. The van der Waals surface area contributed by atoms with Crippen molar-refractivity contribution in [3.63, 3.8) is 0 Å². The van der Waals surface area contributed by atoms with E-state index in [1.165, 1.54) is 0 Å². The Labute approximate surface area is 168 Å². The van der Waals surface area contributed by atoms with Crippen LogP contribution in [0.5, 0.6) is 5.75 Å². The number of benzene rings is 3. The first kappa shape index (κ1) is 18.3. The minimum Gasteiger partial charge on any atom is -0.497 e. The van der Waals surface area contributed by atoms with Crippen LogP contribution < -0.4 is 9.64 Å². The highest BCUT2D eigenvalue weighted by Gasteiger charge is 2.33. The lowest BCUT2D eigenvalue weighted by Crippen LogP contribution is -2.40. The minimum atomic E-state index is 0.0147. The number of ether oxygens (including phenoxy) is 1. The Morgan fingerprint density at radius 1 is 0.929 bits per heavy atom. The van der Waals surface area contributed by atoms with Gasteiger partial charge in [0, 0.05) is 11.7 Å². The van der Waals surface area contributed by atoms with Crippen LogP contribution in [0.25, 0.3) is 0 Å². The largest absolute Gasteiger partial charge is 0.497 e. The topological polar surface area (TPSA) is 41.9 Å². The van der Waals surface area contributed by atoms with Crippen LogP contribution in [0.3, 0.4) is 0 Å². The van der Waals surface area contributed by atoms with Gasteiger partial charge in [0.1, 0.15) is 5.75 Å². The number of aliphatic imine (C=N–C) groups is 1. The van der Waals surface area contributed by atoms with Crippen LogP contribution in [0.15, 0.2) is 89.9 Å². The lowest BCUT2D eigenvalue weighted by molar-refractivity contribution is -0.117. The normalized spacial score (nSPS) is 18.3. The van der Waals surface area contributed by atoms with Crippen molar-refractivity contribution in [2.45, 2.75) is 11.7 Å². The van der Waals surface area contributed by atoms with E-state index in [1.807, 2.05) is 84.9 Å². The molecule has 0 aliphatic carbocycles. The predicted octanol–water partition coefficient (Wildman–Crippen LogP) is 5.59. The van der Waals surface area contributed by atoms with Crippen molar-refractivity contribution in [1.82, 2.24) is 0 Å². The molecule has 1 saturated heterocycles.